The Labute approximate surface area is 149 Å². The maximum Gasteiger partial charge on any atom is 0.123 e. The second-order valence-electron chi connectivity index (χ2n) is 5.69. The van der Waals surface area contributed by atoms with Gasteiger partial charge >= 0.3 is 0 Å². The van der Waals surface area contributed by atoms with Crippen LogP contribution >= 0.6 is 0 Å². The summed E-state index contributed by atoms with van der Waals surface area (Å²) in [6, 6.07) is 21.2. The van der Waals surface area contributed by atoms with Crippen molar-refractivity contribution < 1.29 is 4.39 Å². The molecule has 0 atom stereocenters. The van der Waals surface area contributed by atoms with Gasteiger partial charge in [0.05, 0.1) is 5.52 Å². The molecule has 0 radical (unpaired) electrons. The minimum absolute atomic E-state index is 0.173. The Bertz CT molecular complexity index is 923. The average Bonchev–Trinajstić information content (AvgIpc) is 2.63. The third-order valence-corrected chi connectivity index (χ3v) is 3.72. The lowest BCUT2D eigenvalue weighted by Crippen LogP contribution is -1.77. The molecule has 0 aliphatic rings. The van der Waals surface area contributed by atoms with Crippen molar-refractivity contribution in [1.82, 2.24) is 4.98 Å². The summed E-state index contributed by atoms with van der Waals surface area (Å²) >= 11 is 0. The van der Waals surface area contributed by atoms with Crippen LogP contribution < -0.4 is 0 Å². The highest BCUT2D eigenvalue weighted by molar-refractivity contribution is 5.83. The van der Waals surface area contributed by atoms with Gasteiger partial charge in [-0.25, -0.2) is 4.39 Å². The van der Waals surface area contributed by atoms with Gasteiger partial charge < -0.3 is 0 Å². The van der Waals surface area contributed by atoms with Gasteiger partial charge in [-0.15, -0.1) is 0 Å². The molecular formula is C23H24FN. The molecule has 4 rings (SSSR count). The molecule has 1 nitrogen and oxygen atoms in total. The van der Waals surface area contributed by atoms with Gasteiger partial charge in [0.15, 0.2) is 0 Å². The predicted octanol–water partition coefficient (Wildman–Crippen LogP) is 6.86. The summed E-state index contributed by atoms with van der Waals surface area (Å²) in [6.07, 6.45) is 1.82. The van der Waals surface area contributed by atoms with E-state index in [2.05, 4.69) is 30.1 Å². The fraction of sp³-hybridized carbons (Fsp3) is 0.174. The van der Waals surface area contributed by atoms with E-state index >= 15 is 0 Å². The van der Waals surface area contributed by atoms with Crippen LogP contribution in [0.1, 0.15) is 25.0 Å². The second kappa shape index (κ2) is 8.93. The van der Waals surface area contributed by atoms with E-state index in [1.165, 1.54) is 17.0 Å². The molecule has 3 aromatic carbocycles. The Balaban J connectivity index is 0.000000165. The molecule has 0 aliphatic carbocycles. The molecule has 4 aromatic rings. The van der Waals surface area contributed by atoms with Crippen molar-refractivity contribution in [3.63, 3.8) is 0 Å². The third kappa shape index (κ3) is 5.12. The summed E-state index contributed by atoms with van der Waals surface area (Å²) in [6.45, 7) is 8.09. The minimum Gasteiger partial charge on any atom is -0.256 e. The Morgan fingerprint density at radius 3 is 2.08 bits per heavy atom. The quantitative estimate of drug-likeness (QED) is 0.342. The smallest absolute Gasteiger partial charge is 0.123 e. The first-order valence-corrected chi connectivity index (χ1v) is 8.59. The predicted molar refractivity (Wildman–Crippen MR) is 106 cm³/mol. The van der Waals surface area contributed by atoms with Crippen LogP contribution in [-0.4, -0.2) is 4.98 Å². The van der Waals surface area contributed by atoms with Gasteiger partial charge in [0.1, 0.15) is 5.82 Å². The zero-order valence-electron chi connectivity index (χ0n) is 15.3. The van der Waals surface area contributed by atoms with Gasteiger partial charge in [0, 0.05) is 11.6 Å². The zero-order valence-corrected chi connectivity index (χ0v) is 15.3. The van der Waals surface area contributed by atoms with Crippen LogP contribution in [0.3, 0.4) is 0 Å². The highest BCUT2D eigenvalue weighted by atomic mass is 19.1. The molecule has 0 saturated carbocycles. The maximum absolute atomic E-state index is 12.8. The number of nitrogens with zero attached hydrogens (tertiary/aromatic N) is 1. The van der Waals surface area contributed by atoms with Crippen molar-refractivity contribution in [3.05, 3.63) is 89.9 Å². The number of halogens is 1. The minimum atomic E-state index is -0.173. The van der Waals surface area contributed by atoms with Gasteiger partial charge in [-0.2, -0.15) is 0 Å². The Hall–Kier alpha value is -2.74. The van der Waals surface area contributed by atoms with Crippen molar-refractivity contribution in [2.24, 2.45) is 0 Å². The monoisotopic (exact) mass is 333 g/mol. The maximum atomic E-state index is 12.8. The van der Waals surface area contributed by atoms with E-state index in [1.807, 2.05) is 57.3 Å². The molecule has 0 aliphatic heterocycles. The molecule has 0 saturated heterocycles. The fourth-order valence-corrected chi connectivity index (χ4v) is 2.53. The van der Waals surface area contributed by atoms with Gasteiger partial charge in [-0.3, -0.25) is 4.98 Å². The van der Waals surface area contributed by atoms with E-state index in [4.69, 9.17) is 0 Å². The van der Waals surface area contributed by atoms with Gasteiger partial charge in [-0.1, -0.05) is 61.4 Å². The number of rotatable bonds is 0. The summed E-state index contributed by atoms with van der Waals surface area (Å²) in [5.41, 5.74) is 3.51. The van der Waals surface area contributed by atoms with Crippen LogP contribution in [0.4, 0.5) is 4.39 Å². The number of hydrogen-bond donors (Lipinski definition) is 0. The van der Waals surface area contributed by atoms with E-state index in [9.17, 15) is 4.39 Å². The first-order valence-electron chi connectivity index (χ1n) is 8.59. The van der Waals surface area contributed by atoms with Crippen molar-refractivity contribution in [1.29, 1.82) is 0 Å². The number of aromatic nitrogens is 1. The van der Waals surface area contributed by atoms with Crippen LogP contribution in [0, 0.1) is 19.7 Å². The number of pyridine rings is 1. The van der Waals surface area contributed by atoms with E-state index in [0.717, 1.165) is 21.9 Å². The molecule has 1 heterocycles. The number of benzene rings is 3. The highest BCUT2D eigenvalue weighted by Crippen LogP contribution is 2.16. The standard InChI is InChI=1S/C11H9F.C10H9N.C2H6/c1-8-2-3-9-4-5-11(12)7-10(9)6-8;1-8-4-5-10-9(7-8)3-2-6-11-10;1-2/h2-7H,1H3;2-7H,1H3;1-2H3. The van der Waals surface area contributed by atoms with Crippen LogP contribution in [0.25, 0.3) is 21.7 Å². The number of fused-ring (bicyclic) bond motifs is 2. The summed E-state index contributed by atoms with van der Waals surface area (Å²) in [7, 11) is 0. The summed E-state index contributed by atoms with van der Waals surface area (Å²) < 4.78 is 12.8. The van der Waals surface area contributed by atoms with E-state index in [-0.39, 0.29) is 5.82 Å². The molecular weight excluding hydrogens is 309 g/mol. The van der Waals surface area contributed by atoms with Crippen molar-refractivity contribution >= 4 is 21.7 Å². The molecule has 0 amide bonds. The molecule has 1 aromatic heterocycles. The zero-order chi connectivity index (χ0) is 18.2. The molecule has 0 bridgehead atoms. The van der Waals surface area contributed by atoms with Crippen LogP contribution in [0.2, 0.25) is 0 Å². The van der Waals surface area contributed by atoms with Crippen LogP contribution in [0.5, 0.6) is 0 Å². The Morgan fingerprint density at radius 2 is 1.32 bits per heavy atom. The first kappa shape index (κ1) is 18.6. The van der Waals surface area contributed by atoms with Crippen molar-refractivity contribution in [3.8, 4) is 0 Å². The molecule has 0 spiro atoms. The molecule has 128 valence electrons. The fourth-order valence-electron chi connectivity index (χ4n) is 2.53. The van der Waals surface area contributed by atoms with Crippen molar-refractivity contribution in [2.45, 2.75) is 27.7 Å². The van der Waals surface area contributed by atoms with E-state index in [1.54, 1.807) is 12.1 Å². The van der Waals surface area contributed by atoms with E-state index < -0.39 is 0 Å². The lowest BCUT2D eigenvalue weighted by molar-refractivity contribution is 0.630. The van der Waals surface area contributed by atoms with Gasteiger partial charge in [0.2, 0.25) is 0 Å². The van der Waals surface area contributed by atoms with Crippen molar-refractivity contribution in [2.75, 3.05) is 0 Å². The number of hydrogen-bond acceptors (Lipinski definition) is 1. The highest BCUT2D eigenvalue weighted by Gasteiger charge is 1.94. The molecule has 0 fully saturated rings. The summed E-state index contributed by atoms with van der Waals surface area (Å²) in [5.74, 6) is -0.173. The largest absolute Gasteiger partial charge is 0.256 e. The lowest BCUT2D eigenvalue weighted by atomic mass is 10.1. The second-order valence-corrected chi connectivity index (χ2v) is 5.69. The SMILES string of the molecule is CC.Cc1ccc2ccc(F)cc2c1.Cc1ccc2ncccc2c1. The summed E-state index contributed by atoms with van der Waals surface area (Å²) in [4.78, 5) is 4.22. The normalized spacial score (nSPS) is 9.80. The average molecular weight is 333 g/mol. The molecule has 0 N–H and O–H groups in total. The Morgan fingerprint density at radius 1 is 0.680 bits per heavy atom. The van der Waals surface area contributed by atoms with Crippen LogP contribution in [0.15, 0.2) is 72.9 Å². The lowest BCUT2D eigenvalue weighted by Gasteiger charge is -1.98. The molecule has 2 heteroatoms. The van der Waals surface area contributed by atoms with E-state index in [0.29, 0.717) is 0 Å². The molecule has 0 unspecified atom stereocenters. The summed E-state index contributed by atoms with van der Waals surface area (Å²) in [5, 5.41) is 3.27. The van der Waals surface area contributed by atoms with Gasteiger partial charge in [-0.05, 0) is 55.0 Å². The van der Waals surface area contributed by atoms with Gasteiger partial charge in [0.25, 0.3) is 0 Å². The first-order chi connectivity index (χ1) is 12.1. The van der Waals surface area contributed by atoms with Crippen LogP contribution in [-0.2, 0) is 0 Å². The third-order valence-electron chi connectivity index (χ3n) is 3.72. The Kier molecular flexibility index (Phi) is 6.64. The topological polar surface area (TPSA) is 12.9 Å². The number of aryl methyl sites for hydroxylation is 2. The molecule has 25 heavy (non-hydrogen) atoms.